The predicted octanol–water partition coefficient (Wildman–Crippen LogP) is 3.70. The Hall–Kier alpha value is -1.16. The van der Waals surface area contributed by atoms with E-state index in [1.807, 2.05) is 5.38 Å². The molecule has 1 aromatic heterocycles. The Morgan fingerprint density at radius 3 is 2.55 bits per heavy atom. The lowest BCUT2D eigenvalue weighted by Gasteiger charge is -2.23. The van der Waals surface area contributed by atoms with E-state index in [0.717, 1.165) is 16.9 Å². The standard InChI is InChI=1S/C17H23NOS/c1-4-13-7-8-20-17(13)16(19)15(10-18)14-6-5-11(2)12(3)9-14/h5-9,15-16,19H,4,10,18H2,1-3H3. The molecule has 0 aliphatic heterocycles. The van der Waals surface area contributed by atoms with Crippen molar-refractivity contribution in [1.82, 2.24) is 0 Å². The van der Waals surface area contributed by atoms with E-state index in [1.165, 1.54) is 16.7 Å². The maximum atomic E-state index is 10.7. The number of thiophene rings is 1. The number of aryl methyl sites for hydroxylation is 3. The van der Waals surface area contributed by atoms with Crippen LogP contribution in [0.25, 0.3) is 0 Å². The largest absolute Gasteiger partial charge is 0.387 e. The molecule has 3 N–H and O–H groups in total. The lowest BCUT2D eigenvalue weighted by atomic mass is 9.89. The zero-order valence-electron chi connectivity index (χ0n) is 12.4. The normalized spacial score (nSPS) is 14.2. The van der Waals surface area contributed by atoms with E-state index in [9.17, 15) is 5.11 Å². The quantitative estimate of drug-likeness (QED) is 0.881. The van der Waals surface area contributed by atoms with Crippen molar-refractivity contribution in [2.24, 2.45) is 5.73 Å². The van der Waals surface area contributed by atoms with Crippen molar-refractivity contribution < 1.29 is 5.11 Å². The Morgan fingerprint density at radius 2 is 1.95 bits per heavy atom. The van der Waals surface area contributed by atoms with Gasteiger partial charge in [0.15, 0.2) is 0 Å². The molecule has 0 bridgehead atoms. The zero-order valence-corrected chi connectivity index (χ0v) is 13.2. The van der Waals surface area contributed by atoms with Crippen molar-refractivity contribution >= 4 is 11.3 Å². The fraction of sp³-hybridized carbons (Fsp3) is 0.412. The second kappa shape index (κ2) is 6.53. The summed E-state index contributed by atoms with van der Waals surface area (Å²) in [6.45, 7) is 6.76. The molecule has 2 rings (SSSR count). The van der Waals surface area contributed by atoms with E-state index in [1.54, 1.807) is 11.3 Å². The van der Waals surface area contributed by atoms with Gasteiger partial charge in [0.25, 0.3) is 0 Å². The van der Waals surface area contributed by atoms with E-state index in [2.05, 4.69) is 45.0 Å². The monoisotopic (exact) mass is 289 g/mol. The number of rotatable bonds is 5. The summed E-state index contributed by atoms with van der Waals surface area (Å²) in [5.74, 6) is -0.0433. The number of benzene rings is 1. The summed E-state index contributed by atoms with van der Waals surface area (Å²) in [6.07, 6.45) is 0.428. The fourth-order valence-corrected chi connectivity index (χ4v) is 3.57. The van der Waals surface area contributed by atoms with Gasteiger partial charge in [0.1, 0.15) is 0 Å². The van der Waals surface area contributed by atoms with Crippen molar-refractivity contribution in [3.8, 4) is 0 Å². The van der Waals surface area contributed by atoms with Gasteiger partial charge in [-0.15, -0.1) is 11.3 Å². The number of nitrogens with two attached hydrogens (primary N) is 1. The lowest BCUT2D eigenvalue weighted by Crippen LogP contribution is -2.20. The van der Waals surface area contributed by atoms with Gasteiger partial charge in [-0.1, -0.05) is 25.1 Å². The fourth-order valence-electron chi connectivity index (χ4n) is 2.52. The summed E-state index contributed by atoms with van der Waals surface area (Å²) in [4.78, 5) is 1.06. The molecule has 0 aliphatic rings. The van der Waals surface area contributed by atoms with Crippen molar-refractivity contribution in [2.45, 2.75) is 39.2 Å². The lowest BCUT2D eigenvalue weighted by molar-refractivity contribution is 0.150. The van der Waals surface area contributed by atoms with Gasteiger partial charge in [0, 0.05) is 17.3 Å². The second-order valence-corrected chi connectivity index (χ2v) is 6.24. The topological polar surface area (TPSA) is 46.2 Å². The minimum absolute atomic E-state index is 0.0433. The highest BCUT2D eigenvalue weighted by Crippen LogP contribution is 2.35. The highest BCUT2D eigenvalue weighted by molar-refractivity contribution is 7.10. The van der Waals surface area contributed by atoms with Gasteiger partial charge < -0.3 is 10.8 Å². The van der Waals surface area contributed by atoms with Gasteiger partial charge in [-0.2, -0.15) is 0 Å². The number of hydrogen-bond donors (Lipinski definition) is 2. The first-order valence-corrected chi connectivity index (χ1v) is 7.98. The zero-order chi connectivity index (χ0) is 14.7. The molecule has 0 amide bonds. The molecule has 0 saturated carbocycles. The molecule has 0 saturated heterocycles. The van der Waals surface area contributed by atoms with Crippen LogP contribution in [0.15, 0.2) is 29.6 Å². The highest BCUT2D eigenvalue weighted by atomic mass is 32.1. The molecule has 2 nitrogen and oxygen atoms in total. The average molecular weight is 289 g/mol. The van der Waals surface area contributed by atoms with E-state index in [-0.39, 0.29) is 5.92 Å². The van der Waals surface area contributed by atoms with Gasteiger partial charge in [0.2, 0.25) is 0 Å². The molecule has 3 heteroatoms. The third-order valence-electron chi connectivity index (χ3n) is 4.02. The van der Waals surface area contributed by atoms with Crippen molar-refractivity contribution in [3.63, 3.8) is 0 Å². The molecule has 2 unspecified atom stereocenters. The predicted molar refractivity (Wildman–Crippen MR) is 86.4 cm³/mol. The maximum Gasteiger partial charge on any atom is 0.0965 e. The summed E-state index contributed by atoms with van der Waals surface area (Å²) in [5.41, 5.74) is 10.8. The summed E-state index contributed by atoms with van der Waals surface area (Å²) in [6, 6.07) is 8.43. The maximum absolute atomic E-state index is 10.7. The Balaban J connectivity index is 2.34. The van der Waals surface area contributed by atoms with Gasteiger partial charge >= 0.3 is 0 Å². The van der Waals surface area contributed by atoms with Crippen LogP contribution in [-0.4, -0.2) is 11.7 Å². The molecule has 0 spiro atoms. The first-order chi connectivity index (χ1) is 9.58. The van der Waals surface area contributed by atoms with Crippen LogP contribution in [0.1, 0.15) is 46.1 Å². The molecule has 20 heavy (non-hydrogen) atoms. The van der Waals surface area contributed by atoms with Crippen LogP contribution in [0.5, 0.6) is 0 Å². The molecular formula is C17H23NOS. The van der Waals surface area contributed by atoms with Crippen LogP contribution in [0, 0.1) is 13.8 Å². The van der Waals surface area contributed by atoms with Gasteiger partial charge in [-0.05, 0) is 54.0 Å². The van der Waals surface area contributed by atoms with E-state index in [0.29, 0.717) is 6.54 Å². The molecule has 0 aliphatic carbocycles. The minimum atomic E-state index is -0.517. The Bertz CT molecular complexity index is 576. The van der Waals surface area contributed by atoms with Crippen molar-refractivity contribution in [3.05, 3.63) is 56.8 Å². The Kier molecular flexibility index (Phi) is 4.97. The number of aliphatic hydroxyl groups excluding tert-OH is 1. The highest BCUT2D eigenvalue weighted by Gasteiger charge is 2.24. The third-order valence-corrected chi connectivity index (χ3v) is 5.05. The van der Waals surface area contributed by atoms with Gasteiger partial charge in [0.05, 0.1) is 6.10 Å². The van der Waals surface area contributed by atoms with Crippen LogP contribution in [0.4, 0.5) is 0 Å². The summed E-state index contributed by atoms with van der Waals surface area (Å²) < 4.78 is 0. The second-order valence-electron chi connectivity index (χ2n) is 5.29. The molecule has 2 atom stereocenters. The third kappa shape index (κ3) is 2.95. The average Bonchev–Trinajstić information content (AvgIpc) is 2.91. The molecule has 0 fully saturated rings. The van der Waals surface area contributed by atoms with Crippen molar-refractivity contribution in [1.29, 1.82) is 0 Å². The number of aliphatic hydroxyl groups is 1. The molecule has 1 heterocycles. The summed E-state index contributed by atoms with van der Waals surface area (Å²) in [7, 11) is 0. The van der Waals surface area contributed by atoms with E-state index >= 15 is 0 Å². The Morgan fingerprint density at radius 1 is 1.20 bits per heavy atom. The number of hydrogen-bond acceptors (Lipinski definition) is 3. The van der Waals surface area contributed by atoms with Crippen LogP contribution < -0.4 is 5.73 Å². The van der Waals surface area contributed by atoms with Crippen LogP contribution in [-0.2, 0) is 6.42 Å². The minimum Gasteiger partial charge on any atom is -0.387 e. The van der Waals surface area contributed by atoms with Crippen LogP contribution >= 0.6 is 11.3 Å². The van der Waals surface area contributed by atoms with Crippen LogP contribution in [0.3, 0.4) is 0 Å². The molecule has 108 valence electrons. The molecular weight excluding hydrogens is 266 g/mol. The summed E-state index contributed by atoms with van der Waals surface area (Å²) in [5, 5.41) is 12.8. The van der Waals surface area contributed by atoms with E-state index < -0.39 is 6.10 Å². The molecule has 1 aromatic carbocycles. The molecule has 0 radical (unpaired) electrons. The van der Waals surface area contributed by atoms with Crippen molar-refractivity contribution in [2.75, 3.05) is 6.54 Å². The van der Waals surface area contributed by atoms with E-state index in [4.69, 9.17) is 5.73 Å². The van der Waals surface area contributed by atoms with Crippen LogP contribution in [0.2, 0.25) is 0 Å². The molecule has 2 aromatic rings. The summed E-state index contributed by atoms with van der Waals surface area (Å²) >= 11 is 1.62. The SMILES string of the molecule is CCc1ccsc1C(O)C(CN)c1ccc(C)c(C)c1. The van der Waals surface area contributed by atoms with Gasteiger partial charge in [-0.25, -0.2) is 0 Å². The Labute approximate surface area is 125 Å². The van der Waals surface area contributed by atoms with Gasteiger partial charge in [-0.3, -0.25) is 0 Å². The smallest absolute Gasteiger partial charge is 0.0965 e. The first-order valence-electron chi connectivity index (χ1n) is 7.10. The first kappa shape index (κ1) is 15.2.